The van der Waals surface area contributed by atoms with Crippen molar-refractivity contribution in [3.8, 4) is 0 Å². The molecule has 0 saturated heterocycles. The molecule has 0 bridgehead atoms. The van der Waals surface area contributed by atoms with Gasteiger partial charge in [0.25, 0.3) is 0 Å². The molecule has 0 radical (unpaired) electrons. The normalized spacial score (nSPS) is 11.3. The van der Waals surface area contributed by atoms with Gasteiger partial charge in [-0.3, -0.25) is 0 Å². The molecule has 0 aliphatic rings. The Labute approximate surface area is 116 Å². The molecule has 106 valence electrons. The van der Waals surface area contributed by atoms with Gasteiger partial charge in [-0.2, -0.15) is 0 Å². The first-order valence-electron chi connectivity index (χ1n) is 5.50. The molecule has 1 aromatic carbocycles. The fourth-order valence-electron chi connectivity index (χ4n) is 1.34. The Morgan fingerprint density at radius 3 is 2.74 bits per heavy atom. The van der Waals surface area contributed by atoms with Crippen LogP contribution in [0.4, 0.5) is 0 Å². The third kappa shape index (κ3) is 4.17. The highest BCUT2D eigenvalue weighted by Gasteiger charge is 2.19. The predicted molar refractivity (Wildman–Crippen MR) is 71.7 cm³/mol. The number of rotatable bonds is 6. The second-order valence-electron chi connectivity index (χ2n) is 3.68. The largest absolute Gasteiger partial charge is 0.465 e. The van der Waals surface area contributed by atoms with Gasteiger partial charge in [-0.15, -0.1) is 0 Å². The van der Waals surface area contributed by atoms with Crippen LogP contribution in [0.5, 0.6) is 0 Å². The highest BCUT2D eigenvalue weighted by molar-refractivity contribution is 7.89. The average Bonchev–Trinajstić information content (AvgIpc) is 2.38. The van der Waals surface area contributed by atoms with E-state index in [2.05, 4.69) is 9.46 Å². The Bertz CT molecular complexity index is 560. The third-order valence-corrected chi connectivity index (χ3v) is 4.26. The van der Waals surface area contributed by atoms with E-state index in [1.807, 2.05) is 0 Å². The Balaban J connectivity index is 3.07. The molecule has 0 atom stereocenters. The number of esters is 1. The van der Waals surface area contributed by atoms with Crippen LogP contribution in [-0.4, -0.2) is 34.6 Å². The molecule has 0 amide bonds. The van der Waals surface area contributed by atoms with Crippen molar-refractivity contribution in [1.29, 1.82) is 0 Å². The summed E-state index contributed by atoms with van der Waals surface area (Å²) in [5.74, 6) is -0.630. The molecule has 0 unspecified atom stereocenters. The number of halogens is 1. The number of carbonyl (C=O) groups excluding carboxylic acids is 1. The zero-order valence-electron chi connectivity index (χ0n) is 10.3. The van der Waals surface area contributed by atoms with Crippen LogP contribution < -0.4 is 10.5 Å². The topological polar surface area (TPSA) is 98.5 Å². The van der Waals surface area contributed by atoms with Crippen molar-refractivity contribution < 1.29 is 17.9 Å². The maximum atomic E-state index is 12.0. The second kappa shape index (κ2) is 6.85. The van der Waals surface area contributed by atoms with Crippen molar-refractivity contribution >= 4 is 27.6 Å². The van der Waals surface area contributed by atoms with Crippen LogP contribution in [-0.2, 0) is 14.8 Å². The summed E-state index contributed by atoms with van der Waals surface area (Å²) in [4.78, 5) is 11.2. The van der Waals surface area contributed by atoms with E-state index in [0.717, 1.165) is 0 Å². The van der Waals surface area contributed by atoms with Crippen molar-refractivity contribution in [3.05, 3.63) is 28.8 Å². The fourth-order valence-corrected chi connectivity index (χ4v) is 2.94. The summed E-state index contributed by atoms with van der Waals surface area (Å²) in [5.41, 5.74) is 5.40. The van der Waals surface area contributed by atoms with E-state index in [-0.39, 0.29) is 22.0 Å². The number of ether oxygens (including phenoxy) is 1. The van der Waals surface area contributed by atoms with Crippen molar-refractivity contribution in [3.63, 3.8) is 0 Å². The molecule has 0 fully saturated rings. The Morgan fingerprint density at radius 1 is 1.47 bits per heavy atom. The highest BCUT2D eigenvalue weighted by atomic mass is 35.5. The summed E-state index contributed by atoms with van der Waals surface area (Å²) in [5, 5.41) is 0.0351. The molecule has 1 aromatic rings. The van der Waals surface area contributed by atoms with E-state index < -0.39 is 16.0 Å². The molecular weight excluding hydrogens is 292 g/mol. The molecule has 0 aliphatic heterocycles. The van der Waals surface area contributed by atoms with Gasteiger partial charge in [-0.05, 0) is 31.2 Å². The number of carbonyl (C=O) groups is 1. The smallest absolute Gasteiger partial charge is 0.337 e. The van der Waals surface area contributed by atoms with E-state index >= 15 is 0 Å². The molecular formula is C11H15ClN2O4S. The molecule has 6 nitrogen and oxygen atoms in total. The van der Waals surface area contributed by atoms with Crippen LogP contribution in [0.2, 0.25) is 5.02 Å². The van der Waals surface area contributed by atoms with Gasteiger partial charge in [0.1, 0.15) is 4.90 Å². The minimum absolute atomic E-state index is 0.0351. The Kier molecular flexibility index (Phi) is 5.74. The van der Waals surface area contributed by atoms with Crippen molar-refractivity contribution in [2.45, 2.75) is 11.3 Å². The minimum atomic E-state index is -3.77. The van der Waals surface area contributed by atoms with Crippen molar-refractivity contribution in [1.82, 2.24) is 4.72 Å². The number of nitrogens with two attached hydrogens (primary N) is 1. The number of sulfonamides is 1. The molecule has 0 aliphatic carbocycles. The van der Waals surface area contributed by atoms with E-state index in [4.69, 9.17) is 17.3 Å². The number of methoxy groups -OCH3 is 1. The van der Waals surface area contributed by atoms with Crippen LogP contribution in [0.25, 0.3) is 0 Å². The van der Waals surface area contributed by atoms with E-state index in [9.17, 15) is 13.2 Å². The van der Waals surface area contributed by atoms with Gasteiger partial charge in [-0.1, -0.05) is 11.6 Å². The summed E-state index contributed by atoms with van der Waals surface area (Å²) in [7, 11) is -2.56. The first-order valence-corrected chi connectivity index (χ1v) is 7.36. The Hall–Kier alpha value is -1.15. The number of hydrogen-bond donors (Lipinski definition) is 2. The molecule has 0 aromatic heterocycles. The van der Waals surface area contributed by atoms with Crippen molar-refractivity contribution in [2.24, 2.45) is 5.73 Å². The molecule has 0 heterocycles. The van der Waals surface area contributed by atoms with Gasteiger partial charge in [0.2, 0.25) is 10.0 Å². The van der Waals surface area contributed by atoms with Gasteiger partial charge in [0.05, 0.1) is 17.7 Å². The zero-order chi connectivity index (χ0) is 14.5. The van der Waals surface area contributed by atoms with E-state index in [0.29, 0.717) is 13.0 Å². The van der Waals surface area contributed by atoms with Gasteiger partial charge in [0, 0.05) is 6.54 Å². The summed E-state index contributed by atoms with van der Waals surface area (Å²) >= 11 is 5.85. The molecule has 1 rings (SSSR count). The SMILES string of the molecule is COC(=O)c1ccc(Cl)c(S(=O)(=O)NCCCN)c1. The standard InChI is InChI=1S/C11H15ClN2O4S/c1-18-11(15)8-3-4-9(12)10(7-8)19(16,17)14-6-2-5-13/h3-4,7,14H,2,5-6,13H2,1H3. The van der Waals surface area contributed by atoms with E-state index in [1.54, 1.807) is 0 Å². The minimum Gasteiger partial charge on any atom is -0.465 e. The lowest BCUT2D eigenvalue weighted by molar-refractivity contribution is 0.0600. The quantitative estimate of drug-likeness (QED) is 0.597. The second-order valence-corrected chi connectivity index (χ2v) is 5.82. The van der Waals surface area contributed by atoms with Crippen LogP contribution in [0.3, 0.4) is 0 Å². The summed E-state index contributed by atoms with van der Waals surface area (Å²) in [6.07, 6.45) is 0.507. The number of benzene rings is 1. The summed E-state index contributed by atoms with van der Waals surface area (Å²) < 4.78 is 30.9. The monoisotopic (exact) mass is 306 g/mol. The molecule has 8 heteroatoms. The number of nitrogens with one attached hydrogen (secondary N) is 1. The first-order chi connectivity index (χ1) is 8.92. The maximum Gasteiger partial charge on any atom is 0.337 e. The van der Waals surface area contributed by atoms with Crippen LogP contribution in [0, 0.1) is 0 Å². The van der Waals surface area contributed by atoms with Crippen molar-refractivity contribution in [2.75, 3.05) is 20.2 Å². The van der Waals surface area contributed by atoms with Gasteiger partial charge in [0.15, 0.2) is 0 Å². The average molecular weight is 307 g/mol. The van der Waals surface area contributed by atoms with E-state index in [1.165, 1.54) is 25.3 Å². The summed E-state index contributed by atoms with van der Waals surface area (Å²) in [6, 6.07) is 3.91. The molecule has 19 heavy (non-hydrogen) atoms. The van der Waals surface area contributed by atoms with Gasteiger partial charge >= 0.3 is 5.97 Å². The molecule has 0 saturated carbocycles. The van der Waals surface area contributed by atoms with Crippen LogP contribution in [0.15, 0.2) is 23.1 Å². The lowest BCUT2D eigenvalue weighted by Crippen LogP contribution is -2.26. The fraction of sp³-hybridized carbons (Fsp3) is 0.364. The number of hydrogen-bond acceptors (Lipinski definition) is 5. The van der Waals surface area contributed by atoms with Gasteiger partial charge in [-0.25, -0.2) is 17.9 Å². The Morgan fingerprint density at radius 2 is 2.16 bits per heavy atom. The van der Waals surface area contributed by atoms with Crippen LogP contribution >= 0.6 is 11.6 Å². The molecule has 3 N–H and O–H groups in total. The van der Waals surface area contributed by atoms with Gasteiger partial charge < -0.3 is 10.5 Å². The first kappa shape index (κ1) is 15.9. The predicted octanol–water partition coefficient (Wildman–Crippen LogP) is 0.754. The lowest BCUT2D eigenvalue weighted by atomic mass is 10.2. The van der Waals surface area contributed by atoms with Crippen LogP contribution in [0.1, 0.15) is 16.8 Å². The summed E-state index contributed by atoms with van der Waals surface area (Å²) in [6.45, 7) is 0.579. The zero-order valence-corrected chi connectivity index (χ0v) is 11.9. The highest BCUT2D eigenvalue weighted by Crippen LogP contribution is 2.22. The third-order valence-electron chi connectivity index (χ3n) is 2.31. The molecule has 0 spiro atoms. The maximum absolute atomic E-state index is 12.0. The lowest BCUT2D eigenvalue weighted by Gasteiger charge is -2.09.